The number of H-pyrrole nitrogens is 1. The number of fused-ring (bicyclic) bond motifs is 1. The Morgan fingerprint density at radius 2 is 2.04 bits per heavy atom. The first kappa shape index (κ1) is 16.6. The second-order valence-electron chi connectivity index (χ2n) is 7.61. The molecule has 1 atom stereocenters. The predicted molar refractivity (Wildman–Crippen MR) is 95.7 cm³/mol. The van der Waals surface area contributed by atoms with Crippen LogP contribution in [0.1, 0.15) is 33.6 Å². The van der Waals surface area contributed by atoms with Gasteiger partial charge in [-0.3, -0.25) is 9.59 Å². The first-order chi connectivity index (χ1) is 11.3. The normalized spacial score (nSPS) is 18.6. The van der Waals surface area contributed by atoms with Crippen LogP contribution in [0.3, 0.4) is 0 Å². The van der Waals surface area contributed by atoms with E-state index >= 15 is 0 Å². The summed E-state index contributed by atoms with van der Waals surface area (Å²) in [5, 5.41) is 4.07. The molecule has 0 radical (unpaired) electrons. The van der Waals surface area contributed by atoms with Crippen LogP contribution in [0.2, 0.25) is 0 Å². The molecule has 1 aliphatic heterocycles. The Morgan fingerprint density at radius 3 is 2.79 bits per heavy atom. The van der Waals surface area contributed by atoms with Crippen molar-refractivity contribution in [1.82, 2.24) is 9.88 Å². The molecule has 1 saturated heterocycles. The number of hydrogen-bond acceptors (Lipinski definition) is 2. The highest BCUT2D eigenvalue weighted by molar-refractivity contribution is 5.95. The van der Waals surface area contributed by atoms with Crippen molar-refractivity contribution in [1.29, 1.82) is 0 Å². The number of aromatic amines is 1. The maximum atomic E-state index is 12.6. The summed E-state index contributed by atoms with van der Waals surface area (Å²) in [6, 6.07) is 7.80. The Labute approximate surface area is 142 Å². The van der Waals surface area contributed by atoms with E-state index in [1.54, 1.807) is 0 Å². The summed E-state index contributed by atoms with van der Waals surface area (Å²) in [5.74, 6) is -0.0305. The fraction of sp³-hybridized carbons (Fsp3) is 0.474. The number of piperidine rings is 1. The van der Waals surface area contributed by atoms with Crippen molar-refractivity contribution in [2.24, 2.45) is 11.3 Å². The number of anilines is 1. The van der Waals surface area contributed by atoms with Crippen LogP contribution in [0.5, 0.6) is 0 Å². The lowest BCUT2D eigenvalue weighted by molar-refractivity contribution is -0.142. The van der Waals surface area contributed by atoms with E-state index in [4.69, 9.17) is 0 Å². The van der Waals surface area contributed by atoms with Crippen molar-refractivity contribution in [2.45, 2.75) is 33.6 Å². The van der Waals surface area contributed by atoms with Gasteiger partial charge in [-0.1, -0.05) is 20.8 Å². The number of nitrogens with zero attached hydrogens (tertiary/aromatic N) is 1. The van der Waals surface area contributed by atoms with Crippen molar-refractivity contribution in [3.63, 3.8) is 0 Å². The van der Waals surface area contributed by atoms with E-state index in [1.165, 1.54) is 0 Å². The van der Waals surface area contributed by atoms with Gasteiger partial charge in [0.25, 0.3) is 0 Å². The molecule has 0 spiro atoms. The van der Waals surface area contributed by atoms with Crippen LogP contribution in [0.15, 0.2) is 30.5 Å². The van der Waals surface area contributed by atoms with Gasteiger partial charge in [0.2, 0.25) is 11.8 Å². The fourth-order valence-corrected chi connectivity index (χ4v) is 3.23. The molecule has 0 saturated carbocycles. The molecule has 0 unspecified atom stereocenters. The first-order valence-electron chi connectivity index (χ1n) is 8.52. The van der Waals surface area contributed by atoms with E-state index < -0.39 is 5.41 Å². The molecule has 0 bridgehead atoms. The Hall–Kier alpha value is -2.30. The summed E-state index contributed by atoms with van der Waals surface area (Å²) in [7, 11) is 0. The molecule has 1 fully saturated rings. The maximum absolute atomic E-state index is 12.6. The number of benzene rings is 1. The zero-order valence-corrected chi connectivity index (χ0v) is 14.6. The third-order valence-electron chi connectivity index (χ3n) is 4.54. The van der Waals surface area contributed by atoms with E-state index in [2.05, 4.69) is 10.3 Å². The van der Waals surface area contributed by atoms with E-state index in [0.29, 0.717) is 6.54 Å². The smallest absolute Gasteiger partial charge is 0.229 e. The van der Waals surface area contributed by atoms with Gasteiger partial charge in [-0.25, -0.2) is 0 Å². The zero-order valence-electron chi connectivity index (χ0n) is 14.6. The number of carbonyl (C=O) groups excluding carboxylic acids is 2. The molecule has 5 heteroatoms. The van der Waals surface area contributed by atoms with Crippen molar-refractivity contribution in [3.8, 4) is 0 Å². The number of nitrogens with one attached hydrogen (secondary N) is 2. The molecule has 2 aromatic rings. The quantitative estimate of drug-likeness (QED) is 0.888. The number of hydrogen-bond donors (Lipinski definition) is 2. The average molecular weight is 327 g/mol. The van der Waals surface area contributed by atoms with E-state index in [9.17, 15) is 9.59 Å². The number of aromatic nitrogens is 1. The van der Waals surface area contributed by atoms with Gasteiger partial charge in [0.1, 0.15) is 0 Å². The van der Waals surface area contributed by atoms with Gasteiger partial charge in [-0.2, -0.15) is 0 Å². The summed E-state index contributed by atoms with van der Waals surface area (Å²) in [6.45, 7) is 7.02. The van der Waals surface area contributed by atoms with Crippen LogP contribution >= 0.6 is 0 Å². The van der Waals surface area contributed by atoms with Gasteiger partial charge >= 0.3 is 0 Å². The highest BCUT2D eigenvalue weighted by atomic mass is 16.2. The monoisotopic (exact) mass is 327 g/mol. The number of carbonyl (C=O) groups is 2. The van der Waals surface area contributed by atoms with E-state index in [0.717, 1.165) is 36.0 Å². The third kappa shape index (κ3) is 3.45. The van der Waals surface area contributed by atoms with Gasteiger partial charge in [0.05, 0.1) is 5.92 Å². The standard InChI is InChI=1S/C19H25N3O2/c1-19(2,3)18(24)22-10-4-5-14(12-22)17(23)21-15-6-7-16-13(11-15)8-9-20-16/h6-9,11,14,20H,4-5,10,12H2,1-3H3,(H,21,23)/t14-/m1/s1. The average Bonchev–Trinajstić information content (AvgIpc) is 3.01. The lowest BCUT2D eigenvalue weighted by Gasteiger charge is -2.35. The van der Waals surface area contributed by atoms with Crippen LogP contribution in [0.25, 0.3) is 10.9 Å². The minimum absolute atomic E-state index is 0.00343. The lowest BCUT2D eigenvalue weighted by Crippen LogP contribution is -2.47. The van der Waals surface area contributed by atoms with Crippen LogP contribution in [-0.4, -0.2) is 34.8 Å². The molecule has 128 valence electrons. The summed E-state index contributed by atoms with van der Waals surface area (Å²) in [5.41, 5.74) is 1.44. The van der Waals surface area contributed by atoms with E-state index in [-0.39, 0.29) is 17.7 Å². The summed E-state index contributed by atoms with van der Waals surface area (Å²) >= 11 is 0. The van der Waals surface area contributed by atoms with Crippen molar-refractivity contribution >= 4 is 28.4 Å². The summed E-state index contributed by atoms with van der Waals surface area (Å²) in [4.78, 5) is 30.0. The lowest BCUT2D eigenvalue weighted by atomic mass is 9.91. The van der Waals surface area contributed by atoms with Crippen LogP contribution in [0.4, 0.5) is 5.69 Å². The van der Waals surface area contributed by atoms with Crippen LogP contribution in [0, 0.1) is 11.3 Å². The molecule has 5 nitrogen and oxygen atoms in total. The number of amides is 2. The summed E-state index contributed by atoms with van der Waals surface area (Å²) < 4.78 is 0. The Morgan fingerprint density at radius 1 is 1.25 bits per heavy atom. The number of rotatable bonds is 2. The summed E-state index contributed by atoms with van der Waals surface area (Å²) in [6.07, 6.45) is 3.58. The molecule has 3 rings (SSSR count). The van der Waals surface area contributed by atoms with Crippen molar-refractivity contribution in [3.05, 3.63) is 30.5 Å². The second kappa shape index (κ2) is 6.30. The largest absolute Gasteiger partial charge is 0.361 e. The van der Waals surface area contributed by atoms with Crippen molar-refractivity contribution in [2.75, 3.05) is 18.4 Å². The van der Waals surface area contributed by atoms with Crippen LogP contribution in [-0.2, 0) is 9.59 Å². The molecule has 2 heterocycles. The van der Waals surface area contributed by atoms with Gasteiger partial charge in [-0.15, -0.1) is 0 Å². The highest BCUT2D eigenvalue weighted by Gasteiger charge is 2.33. The van der Waals surface area contributed by atoms with Gasteiger partial charge in [0.15, 0.2) is 0 Å². The molecule has 2 amide bonds. The molecule has 1 aromatic carbocycles. The maximum Gasteiger partial charge on any atom is 0.229 e. The first-order valence-corrected chi connectivity index (χ1v) is 8.52. The SMILES string of the molecule is CC(C)(C)C(=O)N1CCC[C@@H](C(=O)Nc2ccc3[nH]ccc3c2)C1. The number of likely N-dealkylation sites (tertiary alicyclic amines) is 1. The Balaban J connectivity index is 1.67. The Bertz CT molecular complexity index is 757. The minimum atomic E-state index is -0.405. The van der Waals surface area contributed by atoms with Gasteiger partial charge < -0.3 is 15.2 Å². The second-order valence-corrected chi connectivity index (χ2v) is 7.61. The molecule has 0 aliphatic carbocycles. The molecule has 2 N–H and O–H groups in total. The Kier molecular flexibility index (Phi) is 4.35. The molecular weight excluding hydrogens is 302 g/mol. The molecule has 24 heavy (non-hydrogen) atoms. The van der Waals surface area contributed by atoms with Crippen LogP contribution < -0.4 is 5.32 Å². The highest BCUT2D eigenvalue weighted by Crippen LogP contribution is 2.25. The molecule has 1 aliphatic rings. The third-order valence-corrected chi connectivity index (χ3v) is 4.54. The van der Waals surface area contributed by atoms with Crippen molar-refractivity contribution < 1.29 is 9.59 Å². The topological polar surface area (TPSA) is 65.2 Å². The molecular formula is C19H25N3O2. The minimum Gasteiger partial charge on any atom is -0.361 e. The van der Waals surface area contributed by atoms with Gasteiger partial charge in [0, 0.05) is 41.3 Å². The van der Waals surface area contributed by atoms with E-state index in [1.807, 2.05) is 56.1 Å². The molecule has 1 aromatic heterocycles. The van der Waals surface area contributed by atoms with Gasteiger partial charge in [-0.05, 0) is 37.1 Å². The fourth-order valence-electron chi connectivity index (χ4n) is 3.23. The predicted octanol–water partition coefficient (Wildman–Crippen LogP) is 3.39. The zero-order chi connectivity index (χ0) is 17.3.